The van der Waals surface area contributed by atoms with Crippen LogP contribution in [0.15, 0.2) is 18.2 Å². The maximum absolute atomic E-state index is 12.2. The van der Waals surface area contributed by atoms with E-state index in [4.69, 9.17) is 9.47 Å². The number of amides is 2. The quantitative estimate of drug-likeness (QED) is 0.507. The van der Waals surface area contributed by atoms with E-state index in [1.165, 1.54) is 20.3 Å². The molecule has 9 nitrogen and oxygen atoms in total. The molecule has 1 aromatic carbocycles. The van der Waals surface area contributed by atoms with Crippen LogP contribution in [-0.4, -0.2) is 71.3 Å². The lowest BCUT2D eigenvalue weighted by Crippen LogP contribution is -2.36. The number of methoxy groups -OCH3 is 2. The summed E-state index contributed by atoms with van der Waals surface area (Å²) in [6, 6.07) is 4.71. The van der Waals surface area contributed by atoms with Crippen molar-refractivity contribution in [2.75, 3.05) is 46.2 Å². The molecule has 1 saturated heterocycles. The Morgan fingerprint density at radius 2 is 1.93 bits per heavy atom. The summed E-state index contributed by atoms with van der Waals surface area (Å²) in [5, 5.41) is 2.58. The van der Waals surface area contributed by atoms with E-state index in [2.05, 4.69) is 10.0 Å². The molecular formula is C18H27N3O6S. The average molecular weight is 413 g/mol. The summed E-state index contributed by atoms with van der Waals surface area (Å²) >= 11 is 0. The third-order valence-electron chi connectivity index (χ3n) is 4.40. The van der Waals surface area contributed by atoms with Gasteiger partial charge in [-0.3, -0.25) is 9.59 Å². The molecule has 0 unspecified atom stereocenters. The topological polar surface area (TPSA) is 114 Å². The van der Waals surface area contributed by atoms with Crippen LogP contribution < -0.4 is 19.5 Å². The van der Waals surface area contributed by atoms with E-state index < -0.39 is 15.9 Å². The lowest BCUT2D eigenvalue weighted by molar-refractivity contribution is -0.127. The summed E-state index contributed by atoms with van der Waals surface area (Å²) in [6.45, 7) is 1.54. The Morgan fingerprint density at radius 3 is 2.57 bits per heavy atom. The molecule has 1 heterocycles. The van der Waals surface area contributed by atoms with Crippen molar-refractivity contribution in [2.24, 2.45) is 0 Å². The maximum atomic E-state index is 12.2. The van der Waals surface area contributed by atoms with Crippen LogP contribution in [0.1, 0.15) is 29.6 Å². The van der Waals surface area contributed by atoms with Gasteiger partial charge in [0.05, 0.1) is 20.0 Å². The number of ether oxygens (including phenoxy) is 2. The van der Waals surface area contributed by atoms with Crippen LogP contribution in [0.4, 0.5) is 0 Å². The molecule has 1 aliphatic rings. The van der Waals surface area contributed by atoms with Crippen LogP contribution in [0.5, 0.6) is 11.5 Å². The minimum atomic E-state index is -3.51. The molecule has 0 saturated carbocycles. The molecule has 1 aromatic rings. The Morgan fingerprint density at radius 1 is 1.18 bits per heavy atom. The third-order valence-corrected chi connectivity index (χ3v) is 5.79. The molecule has 10 heteroatoms. The van der Waals surface area contributed by atoms with Crippen molar-refractivity contribution in [1.29, 1.82) is 0 Å². The Balaban J connectivity index is 1.72. The number of carbonyl (C=O) groups excluding carboxylic acids is 2. The minimum absolute atomic E-state index is 0.0207. The summed E-state index contributed by atoms with van der Waals surface area (Å²) in [5.41, 5.74) is 0.346. The predicted molar refractivity (Wildman–Crippen MR) is 104 cm³/mol. The number of nitrogens with one attached hydrogen (secondary N) is 2. The van der Waals surface area contributed by atoms with Gasteiger partial charge in [0.2, 0.25) is 15.9 Å². The van der Waals surface area contributed by atoms with Crippen LogP contribution in [-0.2, 0) is 14.8 Å². The number of hydrogen-bond acceptors (Lipinski definition) is 6. The number of hydrogen-bond donors (Lipinski definition) is 2. The normalized spacial score (nSPS) is 14.2. The second kappa shape index (κ2) is 10.3. The van der Waals surface area contributed by atoms with Crippen LogP contribution in [0.2, 0.25) is 0 Å². The molecular weight excluding hydrogens is 386 g/mol. The monoisotopic (exact) mass is 413 g/mol. The Labute approximate surface area is 165 Å². The molecule has 0 bridgehead atoms. The van der Waals surface area contributed by atoms with Gasteiger partial charge in [0, 0.05) is 38.2 Å². The van der Waals surface area contributed by atoms with Gasteiger partial charge in [-0.05, 0) is 31.0 Å². The highest BCUT2D eigenvalue weighted by molar-refractivity contribution is 7.89. The van der Waals surface area contributed by atoms with E-state index in [-0.39, 0.29) is 24.7 Å². The van der Waals surface area contributed by atoms with Crippen molar-refractivity contribution < 1.29 is 27.5 Å². The number of carbonyl (C=O) groups is 2. The lowest BCUT2D eigenvalue weighted by Gasteiger charge is -2.15. The first kappa shape index (κ1) is 22.0. The molecule has 2 rings (SSSR count). The molecule has 0 aliphatic carbocycles. The van der Waals surface area contributed by atoms with Gasteiger partial charge in [0.1, 0.15) is 0 Å². The first-order valence-electron chi connectivity index (χ1n) is 9.11. The number of sulfonamides is 1. The van der Waals surface area contributed by atoms with Crippen LogP contribution in [0, 0.1) is 0 Å². The maximum Gasteiger partial charge on any atom is 0.251 e. The van der Waals surface area contributed by atoms with Gasteiger partial charge in [0.15, 0.2) is 11.5 Å². The number of rotatable bonds is 11. The smallest absolute Gasteiger partial charge is 0.251 e. The number of likely N-dealkylation sites (tertiary alicyclic amines) is 1. The van der Waals surface area contributed by atoms with Gasteiger partial charge in [-0.25, -0.2) is 13.1 Å². The second-order valence-electron chi connectivity index (χ2n) is 6.38. The first-order valence-corrected chi connectivity index (χ1v) is 10.8. The van der Waals surface area contributed by atoms with Crippen molar-refractivity contribution in [2.45, 2.75) is 19.3 Å². The van der Waals surface area contributed by atoms with E-state index in [1.54, 1.807) is 17.0 Å². The highest BCUT2D eigenvalue weighted by atomic mass is 32.2. The van der Waals surface area contributed by atoms with Crippen molar-refractivity contribution >= 4 is 21.8 Å². The summed E-state index contributed by atoms with van der Waals surface area (Å²) in [7, 11) is -0.537. The summed E-state index contributed by atoms with van der Waals surface area (Å²) in [5.74, 6) is 0.418. The zero-order valence-corrected chi connectivity index (χ0v) is 17.0. The fraction of sp³-hybridized carbons (Fsp3) is 0.556. The van der Waals surface area contributed by atoms with Crippen LogP contribution >= 0.6 is 0 Å². The molecule has 1 fully saturated rings. The molecule has 0 atom stereocenters. The molecule has 2 N–H and O–H groups in total. The van der Waals surface area contributed by atoms with Crippen molar-refractivity contribution in [3.05, 3.63) is 23.8 Å². The van der Waals surface area contributed by atoms with Crippen LogP contribution in [0.25, 0.3) is 0 Å². The van der Waals surface area contributed by atoms with E-state index in [9.17, 15) is 18.0 Å². The van der Waals surface area contributed by atoms with Crippen molar-refractivity contribution in [3.8, 4) is 11.5 Å². The van der Waals surface area contributed by atoms with Gasteiger partial charge in [-0.15, -0.1) is 0 Å². The Hall–Kier alpha value is -2.33. The van der Waals surface area contributed by atoms with E-state index in [1.807, 2.05) is 0 Å². The number of benzene rings is 1. The lowest BCUT2D eigenvalue weighted by atomic mass is 10.2. The minimum Gasteiger partial charge on any atom is -0.493 e. The van der Waals surface area contributed by atoms with Gasteiger partial charge >= 0.3 is 0 Å². The zero-order valence-electron chi connectivity index (χ0n) is 16.2. The van der Waals surface area contributed by atoms with Gasteiger partial charge in [0.25, 0.3) is 5.91 Å². The molecule has 0 radical (unpaired) electrons. The second-order valence-corrected chi connectivity index (χ2v) is 8.30. The Kier molecular flexibility index (Phi) is 8.06. The highest BCUT2D eigenvalue weighted by Crippen LogP contribution is 2.27. The van der Waals surface area contributed by atoms with Gasteiger partial charge in [-0.1, -0.05) is 0 Å². The molecule has 1 aliphatic heterocycles. The van der Waals surface area contributed by atoms with Crippen molar-refractivity contribution in [3.63, 3.8) is 0 Å². The fourth-order valence-corrected chi connectivity index (χ4v) is 3.86. The summed E-state index contributed by atoms with van der Waals surface area (Å²) in [4.78, 5) is 25.4. The fourth-order valence-electron chi connectivity index (χ4n) is 2.89. The molecule has 2 amide bonds. The van der Waals surface area contributed by atoms with Gasteiger partial charge in [-0.2, -0.15) is 0 Å². The highest BCUT2D eigenvalue weighted by Gasteiger charge is 2.19. The van der Waals surface area contributed by atoms with Crippen LogP contribution in [0.3, 0.4) is 0 Å². The summed E-state index contributed by atoms with van der Waals surface area (Å²) in [6.07, 6.45) is 2.00. The first-order chi connectivity index (χ1) is 13.4. The summed E-state index contributed by atoms with van der Waals surface area (Å²) < 4.78 is 36.8. The average Bonchev–Trinajstić information content (AvgIpc) is 3.09. The number of nitrogens with zero attached hydrogens (tertiary/aromatic N) is 1. The largest absolute Gasteiger partial charge is 0.493 e. The SMILES string of the molecule is COc1ccc(C(=O)NCCS(=O)(=O)NCCCN2CCCC2=O)cc1OC. The van der Waals surface area contributed by atoms with Gasteiger partial charge < -0.3 is 19.7 Å². The molecule has 0 spiro atoms. The van der Waals surface area contributed by atoms with E-state index in [0.29, 0.717) is 36.4 Å². The van der Waals surface area contributed by atoms with Crippen molar-refractivity contribution in [1.82, 2.24) is 14.9 Å². The standard InChI is InChI=1S/C18H27N3O6S/c1-26-15-7-6-14(13-16(15)27-2)18(23)19-9-12-28(24,25)20-8-4-11-21-10-3-5-17(21)22/h6-7,13,20H,3-5,8-12H2,1-2H3,(H,19,23). The Bertz CT molecular complexity index is 797. The predicted octanol–water partition coefficient (Wildman–Crippen LogP) is 0.366. The molecule has 0 aromatic heterocycles. The third kappa shape index (κ3) is 6.38. The molecule has 156 valence electrons. The molecule has 28 heavy (non-hydrogen) atoms. The van der Waals surface area contributed by atoms with E-state index in [0.717, 1.165) is 13.0 Å². The zero-order chi connectivity index (χ0) is 20.6. The van der Waals surface area contributed by atoms with E-state index >= 15 is 0 Å².